The Morgan fingerprint density at radius 2 is 1.22 bits per heavy atom. The van der Waals surface area contributed by atoms with Crippen molar-refractivity contribution in [2.24, 2.45) is 11.8 Å². The van der Waals surface area contributed by atoms with Gasteiger partial charge in [-0.05, 0) is 11.8 Å². The molecule has 0 radical (unpaired) electrons. The van der Waals surface area contributed by atoms with E-state index in [0.29, 0.717) is 3.42 Å². The molecule has 0 saturated carbocycles. The molecule has 0 heterocycles. The average molecular weight is 240 g/mol. The van der Waals surface area contributed by atoms with Crippen LogP contribution in [0.1, 0.15) is 34.6 Å². The van der Waals surface area contributed by atoms with Crippen LogP contribution in [0.25, 0.3) is 0 Å². The van der Waals surface area contributed by atoms with E-state index in [1.165, 1.54) is 0 Å². The fraction of sp³-hybridized carbons (Fsp3) is 1.00. The number of rotatable bonds is 2. The molecule has 0 amide bonds. The van der Waals surface area contributed by atoms with Crippen molar-refractivity contribution < 1.29 is 0 Å². The highest BCUT2D eigenvalue weighted by atomic mass is 127. The first-order valence-corrected chi connectivity index (χ1v) is 4.65. The Kier molecular flexibility index (Phi) is 3.48. The van der Waals surface area contributed by atoms with Crippen LogP contribution < -0.4 is 0 Å². The van der Waals surface area contributed by atoms with Crippen molar-refractivity contribution in [2.75, 3.05) is 0 Å². The highest BCUT2D eigenvalue weighted by molar-refractivity contribution is 14.1. The molecule has 0 aromatic carbocycles. The lowest BCUT2D eigenvalue weighted by Crippen LogP contribution is -2.29. The smallest absolute Gasteiger partial charge is 0.0240 e. The first-order chi connectivity index (χ1) is 3.89. The third kappa shape index (κ3) is 2.44. The van der Waals surface area contributed by atoms with Crippen LogP contribution >= 0.6 is 22.6 Å². The van der Waals surface area contributed by atoms with E-state index in [1.54, 1.807) is 0 Å². The molecule has 56 valence electrons. The molecular formula is C8H17I. The van der Waals surface area contributed by atoms with E-state index >= 15 is 0 Å². The molecule has 0 fully saturated rings. The Balaban J connectivity index is 4.01. The molecule has 0 nitrogen and oxygen atoms in total. The molecule has 0 atom stereocenters. The Hall–Kier alpha value is 0.730. The van der Waals surface area contributed by atoms with Gasteiger partial charge in [-0.2, -0.15) is 0 Å². The third-order valence-corrected chi connectivity index (χ3v) is 4.75. The third-order valence-electron chi connectivity index (χ3n) is 2.26. The van der Waals surface area contributed by atoms with Crippen LogP contribution in [-0.4, -0.2) is 3.42 Å². The van der Waals surface area contributed by atoms with Crippen LogP contribution in [0.5, 0.6) is 0 Å². The maximum atomic E-state index is 2.56. The number of alkyl halides is 1. The van der Waals surface area contributed by atoms with Crippen molar-refractivity contribution in [1.82, 2.24) is 0 Å². The second kappa shape index (κ2) is 3.22. The zero-order valence-electron chi connectivity index (χ0n) is 7.03. The summed E-state index contributed by atoms with van der Waals surface area (Å²) in [6.45, 7) is 11.5. The number of hydrogen-bond acceptors (Lipinski definition) is 0. The second-order valence-corrected chi connectivity index (χ2v) is 5.78. The largest absolute Gasteiger partial charge is 0.0786 e. The summed E-state index contributed by atoms with van der Waals surface area (Å²) in [4.78, 5) is 0. The van der Waals surface area contributed by atoms with E-state index in [0.717, 1.165) is 11.8 Å². The molecule has 0 saturated heterocycles. The van der Waals surface area contributed by atoms with Crippen molar-refractivity contribution >= 4 is 22.6 Å². The van der Waals surface area contributed by atoms with Crippen LogP contribution in [0.3, 0.4) is 0 Å². The molecule has 1 heteroatoms. The van der Waals surface area contributed by atoms with E-state index in [9.17, 15) is 0 Å². The second-order valence-electron chi connectivity index (χ2n) is 3.46. The minimum Gasteiger partial charge on any atom is -0.0786 e. The molecule has 0 rings (SSSR count). The lowest BCUT2D eigenvalue weighted by Gasteiger charge is -2.31. The molecule has 9 heavy (non-hydrogen) atoms. The van der Waals surface area contributed by atoms with Gasteiger partial charge in [0.1, 0.15) is 0 Å². The van der Waals surface area contributed by atoms with Gasteiger partial charge in [0.15, 0.2) is 0 Å². The van der Waals surface area contributed by atoms with E-state index < -0.39 is 0 Å². The maximum absolute atomic E-state index is 2.56. The zero-order valence-corrected chi connectivity index (χ0v) is 9.19. The summed E-state index contributed by atoms with van der Waals surface area (Å²) >= 11 is 2.56. The molecule has 0 aliphatic rings. The molecule has 0 aromatic rings. The summed E-state index contributed by atoms with van der Waals surface area (Å²) in [5.74, 6) is 1.55. The predicted octanol–water partition coefficient (Wildman–Crippen LogP) is 3.49. The van der Waals surface area contributed by atoms with Gasteiger partial charge in [0.2, 0.25) is 0 Å². The normalized spacial score (nSPS) is 13.3. The monoisotopic (exact) mass is 240 g/mol. The van der Waals surface area contributed by atoms with Gasteiger partial charge in [0.25, 0.3) is 0 Å². The van der Waals surface area contributed by atoms with Gasteiger partial charge in [-0.3, -0.25) is 0 Å². The SMILES string of the molecule is CC(C)C(C)(I)C(C)C. The van der Waals surface area contributed by atoms with Crippen molar-refractivity contribution in [1.29, 1.82) is 0 Å². The van der Waals surface area contributed by atoms with Crippen molar-refractivity contribution in [3.63, 3.8) is 0 Å². The summed E-state index contributed by atoms with van der Waals surface area (Å²) in [6.07, 6.45) is 0. The minimum absolute atomic E-state index is 0.470. The Morgan fingerprint density at radius 3 is 1.22 bits per heavy atom. The van der Waals surface area contributed by atoms with Crippen molar-refractivity contribution in [2.45, 2.75) is 38.0 Å². The summed E-state index contributed by atoms with van der Waals surface area (Å²) in [6, 6.07) is 0. The van der Waals surface area contributed by atoms with Crippen molar-refractivity contribution in [3.05, 3.63) is 0 Å². The maximum Gasteiger partial charge on any atom is 0.0240 e. The molecule has 0 unspecified atom stereocenters. The lowest BCUT2D eigenvalue weighted by atomic mass is 9.87. The molecule has 0 spiro atoms. The summed E-state index contributed by atoms with van der Waals surface area (Å²) < 4.78 is 0.470. The zero-order chi connectivity index (χ0) is 7.65. The predicted molar refractivity (Wildman–Crippen MR) is 52.1 cm³/mol. The summed E-state index contributed by atoms with van der Waals surface area (Å²) in [5, 5.41) is 0. The number of hydrogen-bond donors (Lipinski definition) is 0. The summed E-state index contributed by atoms with van der Waals surface area (Å²) in [7, 11) is 0. The van der Waals surface area contributed by atoms with E-state index in [2.05, 4.69) is 57.2 Å². The highest BCUT2D eigenvalue weighted by Crippen LogP contribution is 2.34. The van der Waals surface area contributed by atoms with Gasteiger partial charge in [0, 0.05) is 3.42 Å². The Bertz CT molecular complexity index is 72.6. The number of halogens is 1. The van der Waals surface area contributed by atoms with Crippen LogP contribution in [0.4, 0.5) is 0 Å². The minimum atomic E-state index is 0.470. The van der Waals surface area contributed by atoms with E-state index in [1.807, 2.05) is 0 Å². The Morgan fingerprint density at radius 1 is 1.00 bits per heavy atom. The van der Waals surface area contributed by atoms with Crippen LogP contribution in [0.2, 0.25) is 0 Å². The average Bonchev–Trinajstić information content (AvgIpc) is 1.65. The lowest BCUT2D eigenvalue weighted by molar-refractivity contribution is 0.383. The van der Waals surface area contributed by atoms with Gasteiger partial charge in [-0.1, -0.05) is 57.2 Å². The van der Waals surface area contributed by atoms with E-state index in [-0.39, 0.29) is 0 Å². The molecule has 0 aliphatic heterocycles. The fourth-order valence-corrected chi connectivity index (χ4v) is 0.667. The van der Waals surface area contributed by atoms with Crippen LogP contribution in [0, 0.1) is 11.8 Å². The molecule has 0 aliphatic carbocycles. The standard InChI is InChI=1S/C8H17I/c1-6(2)8(5,9)7(3)4/h6-7H,1-5H3. The van der Waals surface area contributed by atoms with Crippen LogP contribution in [-0.2, 0) is 0 Å². The fourth-order valence-electron chi connectivity index (χ4n) is 0.667. The first-order valence-electron chi connectivity index (χ1n) is 3.58. The summed E-state index contributed by atoms with van der Waals surface area (Å²) in [5.41, 5.74) is 0. The van der Waals surface area contributed by atoms with Crippen molar-refractivity contribution in [3.8, 4) is 0 Å². The quantitative estimate of drug-likeness (QED) is 0.512. The van der Waals surface area contributed by atoms with E-state index in [4.69, 9.17) is 0 Å². The molecular weight excluding hydrogens is 223 g/mol. The molecule has 0 aromatic heterocycles. The Labute approximate surface area is 72.6 Å². The van der Waals surface area contributed by atoms with Crippen LogP contribution in [0.15, 0.2) is 0 Å². The highest BCUT2D eigenvalue weighted by Gasteiger charge is 2.27. The van der Waals surface area contributed by atoms with Gasteiger partial charge >= 0.3 is 0 Å². The van der Waals surface area contributed by atoms with Gasteiger partial charge < -0.3 is 0 Å². The topological polar surface area (TPSA) is 0 Å². The molecule has 0 bridgehead atoms. The van der Waals surface area contributed by atoms with Gasteiger partial charge in [0.05, 0.1) is 0 Å². The van der Waals surface area contributed by atoms with Gasteiger partial charge in [-0.15, -0.1) is 0 Å². The molecule has 0 N–H and O–H groups in total. The van der Waals surface area contributed by atoms with Gasteiger partial charge in [-0.25, -0.2) is 0 Å². The first kappa shape index (κ1) is 9.73.